The lowest BCUT2D eigenvalue weighted by Crippen LogP contribution is -2.46. The molecule has 102 valence electrons. The van der Waals surface area contributed by atoms with Gasteiger partial charge in [0.25, 0.3) is 0 Å². The number of rotatable bonds is 6. The summed E-state index contributed by atoms with van der Waals surface area (Å²) in [5.41, 5.74) is -0.0286. The SMILES string of the molecule is CC(C)(C)C(Cn1ccnc1)NC(=O)CCCO. The lowest BCUT2D eigenvalue weighted by Gasteiger charge is -2.31. The Balaban J connectivity index is 2.59. The number of aromatic nitrogens is 2. The quantitative estimate of drug-likeness (QED) is 0.800. The van der Waals surface area contributed by atoms with E-state index in [-0.39, 0.29) is 24.0 Å². The molecule has 1 unspecified atom stereocenters. The molecule has 0 aromatic carbocycles. The second kappa shape index (κ2) is 6.54. The van der Waals surface area contributed by atoms with E-state index >= 15 is 0 Å². The summed E-state index contributed by atoms with van der Waals surface area (Å²) >= 11 is 0. The average molecular weight is 253 g/mol. The minimum absolute atomic E-state index is 0.0101. The summed E-state index contributed by atoms with van der Waals surface area (Å²) in [4.78, 5) is 15.7. The fourth-order valence-corrected chi connectivity index (χ4v) is 1.65. The van der Waals surface area contributed by atoms with Gasteiger partial charge in [0.1, 0.15) is 0 Å². The molecule has 1 rings (SSSR count). The molecule has 1 aromatic rings. The zero-order chi connectivity index (χ0) is 13.6. The van der Waals surface area contributed by atoms with Crippen LogP contribution in [0.25, 0.3) is 0 Å². The number of carbonyl (C=O) groups excluding carboxylic acids is 1. The van der Waals surface area contributed by atoms with E-state index in [1.165, 1.54) is 0 Å². The van der Waals surface area contributed by atoms with Crippen LogP contribution in [0.3, 0.4) is 0 Å². The smallest absolute Gasteiger partial charge is 0.220 e. The molecule has 5 nitrogen and oxygen atoms in total. The molecule has 0 radical (unpaired) electrons. The predicted octanol–water partition coefficient (Wildman–Crippen LogP) is 1.19. The maximum Gasteiger partial charge on any atom is 0.220 e. The number of carbonyl (C=O) groups is 1. The van der Waals surface area contributed by atoms with Gasteiger partial charge in [-0.2, -0.15) is 0 Å². The Hall–Kier alpha value is -1.36. The van der Waals surface area contributed by atoms with Gasteiger partial charge in [0, 0.05) is 32.0 Å². The molecule has 0 saturated heterocycles. The molecule has 5 heteroatoms. The van der Waals surface area contributed by atoms with Crippen molar-refractivity contribution >= 4 is 5.91 Å². The van der Waals surface area contributed by atoms with E-state index in [0.717, 1.165) is 0 Å². The Morgan fingerprint density at radius 2 is 2.22 bits per heavy atom. The number of aliphatic hydroxyl groups is 1. The summed E-state index contributed by atoms with van der Waals surface area (Å²) < 4.78 is 1.96. The molecule has 1 amide bonds. The van der Waals surface area contributed by atoms with Crippen LogP contribution in [0.1, 0.15) is 33.6 Å². The van der Waals surface area contributed by atoms with Crippen molar-refractivity contribution in [2.24, 2.45) is 5.41 Å². The molecule has 0 aliphatic carbocycles. The topological polar surface area (TPSA) is 67.2 Å². The van der Waals surface area contributed by atoms with Crippen molar-refractivity contribution in [1.29, 1.82) is 0 Å². The van der Waals surface area contributed by atoms with Gasteiger partial charge in [-0.25, -0.2) is 4.98 Å². The highest BCUT2D eigenvalue weighted by molar-refractivity contribution is 5.76. The van der Waals surface area contributed by atoms with Crippen LogP contribution in [0.4, 0.5) is 0 Å². The third-order valence-corrected chi connectivity index (χ3v) is 2.90. The molecular formula is C13H23N3O2. The van der Waals surface area contributed by atoms with Crippen LogP contribution < -0.4 is 5.32 Å². The molecule has 2 N–H and O–H groups in total. The van der Waals surface area contributed by atoms with Gasteiger partial charge in [0.05, 0.1) is 12.4 Å². The molecule has 0 spiro atoms. The molecule has 0 fully saturated rings. The van der Waals surface area contributed by atoms with Crippen LogP contribution in [0, 0.1) is 5.41 Å². The van der Waals surface area contributed by atoms with Crippen molar-refractivity contribution in [3.8, 4) is 0 Å². The molecule has 0 aliphatic heterocycles. The molecule has 1 atom stereocenters. The summed E-state index contributed by atoms with van der Waals surface area (Å²) in [6, 6.07) is 0.0397. The van der Waals surface area contributed by atoms with Crippen LogP contribution in [0.2, 0.25) is 0 Å². The molecular weight excluding hydrogens is 230 g/mol. The van der Waals surface area contributed by atoms with E-state index in [4.69, 9.17) is 5.11 Å². The number of amides is 1. The zero-order valence-electron chi connectivity index (χ0n) is 11.4. The third kappa shape index (κ3) is 4.87. The van der Waals surface area contributed by atoms with Crippen molar-refractivity contribution < 1.29 is 9.90 Å². The molecule has 0 aliphatic rings. The van der Waals surface area contributed by atoms with E-state index in [9.17, 15) is 4.79 Å². The summed E-state index contributed by atoms with van der Waals surface area (Å²) in [6.07, 6.45) is 6.24. The Labute approximate surface area is 108 Å². The van der Waals surface area contributed by atoms with Gasteiger partial charge in [-0.05, 0) is 11.8 Å². The summed E-state index contributed by atoms with van der Waals surface area (Å²) in [7, 11) is 0. The molecule has 0 bridgehead atoms. The summed E-state index contributed by atoms with van der Waals surface area (Å²) in [5, 5.41) is 11.8. The largest absolute Gasteiger partial charge is 0.396 e. The lowest BCUT2D eigenvalue weighted by molar-refractivity contribution is -0.123. The van der Waals surface area contributed by atoms with E-state index in [0.29, 0.717) is 19.4 Å². The van der Waals surface area contributed by atoms with Gasteiger partial charge in [0.15, 0.2) is 0 Å². The van der Waals surface area contributed by atoms with Crippen LogP contribution in [-0.2, 0) is 11.3 Å². The fourth-order valence-electron chi connectivity index (χ4n) is 1.65. The molecule has 0 saturated carbocycles. The van der Waals surface area contributed by atoms with Crippen LogP contribution in [0.15, 0.2) is 18.7 Å². The van der Waals surface area contributed by atoms with Crippen molar-refractivity contribution in [2.45, 2.75) is 46.2 Å². The van der Waals surface area contributed by atoms with Gasteiger partial charge in [-0.15, -0.1) is 0 Å². The highest BCUT2D eigenvalue weighted by Gasteiger charge is 2.26. The highest BCUT2D eigenvalue weighted by Crippen LogP contribution is 2.20. The highest BCUT2D eigenvalue weighted by atomic mass is 16.3. The minimum atomic E-state index is -0.0286. The fraction of sp³-hybridized carbons (Fsp3) is 0.692. The number of nitrogens with one attached hydrogen (secondary N) is 1. The van der Waals surface area contributed by atoms with Crippen molar-refractivity contribution in [2.75, 3.05) is 6.61 Å². The van der Waals surface area contributed by atoms with Gasteiger partial charge in [-0.3, -0.25) is 4.79 Å². The Kier molecular flexibility index (Phi) is 5.34. The molecule has 1 aromatic heterocycles. The Morgan fingerprint density at radius 1 is 1.50 bits per heavy atom. The predicted molar refractivity (Wildman–Crippen MR) is 69.9 cm³/mol. The standard InChI is InChI=1S/C13H23N3O2/c1-13(2,3)11(9-16-7-6-14-10-16)15-12(18)5-4-8-17/h6-7,10-11,17H,4-5,8-9H2,1-3H3,(H,15,18). The first-order valence-corrected chi connectivity index (χ1v) is 6.29. The summed E-state index contributed by atoms with van der Waals surface area (Å²) in [5.74, 6) is -0.0101. The normalized spacial score (nSPS) is 13.3. The number of nitrogens with zero attached hydrogens (tertiary/aromatic N) is 2. The van der Waals surface area contributed by atoms with Crippen molar-refractivity contribution in [3.05, 3.63) is 18.7 Å². The van der Waals surface area contributed by atoms with E-state index in [1.807, 2.05) is 10.8 Å². The number of hydrogen-bond donors (Lipinski definition) is 2. The first kappa shape index (κ1) is 14.7. The van der Waals surface area contributed by atoms with Crippen LogP contribution in [0.5, 0.6) is 0 Å². The number of hydrogen-bond acceptors (Lipinski definition) is 3. The van der Waals surface area contributed by atoms with E-state index in [1.54, 1.807) is 12.5 Å². The Bertz CT molecular complexity index is 355. The van der Waals surface area contributed by atoms with E-state index in [2.05, 4.69) is 31.1 Å². The Morgan fingerprint density at radius 3 is 2.72 bits per heavy atom. The third-order valence-electron chi connectivity index (χ3n) is 2.90. The van der Waals surface area contributed by atoms with Gasteiger partial charge >= 0.3 is 0 Å². The van der Waals surface area contributed by atoms with Crippen molar-refractivity contribution in [3.63, 3.8) is 0 Å². The molecule has 1 heterocycles. The second-order valence-corrected chi connectivity index (χ2v) is 5.57. The molecule has 18 heavy (non-hydrogen) atoms. The van der Waals surface area contributed by atoms with Crippen molar-refractivity contribution in [1.82, 2.24) is 14.9 Å². The van der Waals surface area contributed by atoms with Gasteiger partial charge < -0.3 is 15.0 Å². The first-order valence-electron chi connectivity index (χ1n) is 6.29. The lowest BCUT2D eigenvalue weighted by atomic mass is 9.86. The van der Waals surface area contributed by atoms with Gasteiger partial charge in [0.2, 0.25) is 5.91 Å². The first-order chi connectivity index (χ1) is 8.43. The average Bonchev–Trinajstić information content (AvgIpc) is 2.77. The second-order valence-electron chi connectivity index (χ2n) is 5.57. The van der Waals surface area contributed by atoms with Gasteiger partial charge in [-0.1, -0.05) is 20.8 Å². The summed E-state index contributed by atoms with van der Waals surface area (Å²) in [6.45, 7) is 7.05. The van der Waals surface area contributed by atoms with Crippen LogP contribution in [-0.4, -0.2) is 33.2 Å². The number of aliphatic hydroxyl groups excluding tert-OH is 1. The van der Waals surface area contributed by atoms with Crippen LogP contribution >= 0.6 is 0 Å². The zero-order valence-corrected chi connectivity index (χ0v) is 11.4. The maximum absolute atomic E-state index is 11.7. The maximum atomic E-state index is 11.7. The monoisotopic (exact) mass is 253 g/mol. The minimum Gasteiger partial charge on any atom is -0.396 e. The number of imidazole rings is 1. The van der Waals surface area contributed by atoms with E-state index < -0.39 is 0 Å².